The van der Waals surface area contributed by atoms with Gasteiger partial charge < -0.3 is 4.74 Å². The zero-order valence-corrected chi connectivity index (χ0v) is 13.7. The summed E-state index contributed by atoms with van der Waals surface area (Å²) >= 11 is 0. The van der Waals surface area contributed by atoms with Crippen LogP contribution in [0.25, 0.3) is 6.08 Å². The lowest BCUT2D eigenvalue weighted by Gasteiger charge is -2.33. The summed E-state index contributed by atoms with van der Waals surface area (Å²) in [6.07, 6.45) is 5.38. The summed E-state index contributed by atoms with van der Waals surface area (Å²) in [5.74, 6) is -0.575. The molecular formula is C21H20O3. The Kier molecular flexibility index (Phi) is 4.61. The van der Waals surface area contributed by atoms with Gasteiger partial charge in [0.25, 0.3) is 0 Å². The second-order valence-electron chi connectivity index (χ2n) is 6.08. The Morgan fingerprint density at radius 3 is 2.58 bits per heavy atom. The van der Waals surface area contributed by atoms with Gasteiger partial charge in [0.1, 0.15) is 5.41 Å². The van der Waals surface area contributed by atoms with Gasteiger partial charge in [-0.2, -0.15) is 0 Å². The average Bonchev–Trinajstić information content (AvgIpc) is 2.64. The van der Waals surface area contributed by atoms with Crippen LogP contribution in [0.5, 0.6) is 0 Å². The van der Waals surface area contributed by atoms with Crippen molar-refractivity contribution in [3.63, 3.8) is 0 Å². The minimum atomic E-state index is -1.12. The number of esters is 1. The molecule has 2 aromatic rings. The highest BCUT2D eigenvalue weighted by Gasteiger charge is 2.48. The lowest BCUT2D eigenvalue weighted by atomic mass is 9.68. The molecule has 3 rings (SSSR count). The highest BCUT2D eigenvalue weighted by Crippen LogP contribution is 2.40. The largest absolute Gasteiger partial charge is 0.468 e. The number of hydrogen-bond donors (Lipinski definition) is 0. The number of Topliss-reactive ketones (excluding diaryl/α,β-unsaturated/α-hetero) is 1. The van der Waals surface area contributed by atoms with Gasteiger partial charge in [-0.25, -0.2) is 0 Å². The number of aryl methyl sites for hydroxylation is 1. The molecule has 0 aliphatic heterocycles. The molecule has 0 bridgehead atoms. The van der Waals surface area contributed by atoms with Crippen molar-refractivity contribution in [1.29, 1.82) is 0 Å². The van der Waals surface area contributed by atoms with Gasteiger partial charge in [0.05, 0.1) is 7.11 Å². The van der Waals surface area contributed by atoms with Crippen molar-refractivity contribution < 1.29 is 14.3 Å². The molecule has 1 aliphatic rings. The van der Waals surface area contributed by atoms with Crippen LogP contribution in [0.1, 0.15) is 34.3 Å². The fourth-order valence-electron chi connectivity index (χ4n) is 3.31. The molecule has 0 amide bonds. The van der Waals surface area contributed by atoms with E-state index in [4.69, 9.17) is 4.74 Å². The van der Waals surface area contributed by atoms with Gasteiger partial charge in [0.15, 0.2) is 5.78 Å². The molecule has 0 aromatic heterocycles. The van der Waals surface area contributed by atoms with Crippen molar-refractivity contribution in [3.8, 4) is 0 Å². The van der Waals surface area contributed by atoms with Gasteiger partial charge in [-0.1, -0.05) is 66.7 Å². The quantitative estimate of drug-likeness (QED) is 0.630. The predicted molar refractivity (Wildman–Crippen MR) is 93.6 cm³/mol. The summed E-state index contributed by atoms with van der Waals surface area (Å²) < 4.78 is 4.99. The molecule has 3 nitrogen and oxygen atoms in total. The Morgan fingerprint density at radius 1 is 1.12 bits per heavy atom. The molecule has 0 unspecified atom stereocenters. The summed E-state index contributed by atoms with van der Waals surface area (Å²) in [4.78, 5) is 25.5. The number of rotatable bonds is 4. The number of fused-ring (bicyclic) bond motifs is 1. The molecule has 0 heterocycles. The maximum atomic E-state index is 13.0. The number of ketones is 1. The number of carbonyl (C=O) groups excluding carboxylic acids is 2. The van der Waals surface area contributed by atoms with Crippen LogP contribution >= 0.6 is 0 Å². The number of allylic oxidation sites excluding steroid dienone is 1. The molecule has 1 atom stereocenters. The van der Waals surface area contributed by atoms with E-state index in [2.05, 4.69) is 0 Å². The van der Waals surface area contributed by atoms with E-state index in [9.17, 15) is 9.59 Å². The first-order chi connectivity index (χ1) is 11.7. The van der Waals surface area contributed by atoms with Crippen molar-refractivity contribution in [2.45, 2.75) is 19.3 Å². The molecule has 2 aromatic carbocycles. The van der Waals surface area contributed by atoms with Crippen LogP contribution in [0.4, 0.5) is 0 Å². The third kappa shape index (κ3) is 2.90. The second-order valence-corrected chi connectivity index (χ2v) is 6.08. The summed E-state index contributed by atoms with van der Waals surface area (Å²) in [6, 6.07) is 17.4. The van der Waals surface area contributed by atoms with Gasteiger partial charge in [0, 0.05) is 5.56 Å². The number of methoxy groups -OCH3 is 1. The molecule has 0 saturated heterocycles. The summed E-state index contributed by atoms with van der Waals surface area (Å²) in [5.41, 5.74) is 1.58. The third-order valence-electron chi connectivity index (χ3n) is 4.67. The van der Waals surface area contributed by atoms with Crippen LogP contribution in [0, 0.1) is 5.41 Å². The fraction of sp³-hybridized carbons (Fsp3) is 0.238. The lowest BCUT2D eigenvalue weighted by molar-refractivity contribution is -0.150. The van der Waals surface area contributed by atoms with Gasteiger partial charge >= 0.3 is 5.97 Å². The van der Waals surface area contributed by atoms with E-state index in [0.717, 1.165) is 11.1 Å². The highest BCUT2D eigenvalue weighted by atomic mass is 16.5. The molecule has 1 aliphatic carbocycles. The Labute approximate surface area is 142 Å². The molecular weight excluding hydrogens is 300 g/mol. The van der Waals surface area contributed by atoms with E-state index in [1.165, 1.54) is 7.11 Å². The Morgan fingerprint density at radius 2 is 1.83 bits per heavy atom. The molecule has 0 N–H and O–H groups in total. The summed E-state index contributed by atoms with van der Waals surface area (Å²) in [5, 5.41) is 0. The zero-order chi connectivity index (χ0) is 17.0. The Bertz CT molecular complexity index is 777. The molecule has 0 saturated carbocycles. The van der Waals surface area contributed by atoms with Crippen LogP contribution < -0.4 is 0 Å². The van der Waals surface area contributed by atoms with Crippen LogP contribution in [0.3, 0.4) is 0 Å². The van der Waals surface area contributed by atoms with Crippen LogP contribution in [0.2, 0.25) is 0 Å². The molecule has 0 radical (unpaired) electrons. The minimum absolute atomic E-state index is 0.131. The lowest BCUT2D eigenvalue weighted by Crippen LogP contribution is -2.43. The number of hydrogen-bond acceptors (Lipinski definition) is 3. The first kappa shape index (κ1) is 16.2. The monoisotopic (exact) mass is 320 g/mol. The zero-order valence-electron chi connectivity index (χ0n) is 13.7. The molecule has 0 fully saturated rings. The van der Waals surface area contributed by atoms with E-state index in [1.807, 2.05) is 60.7 Å². The van der Waals surface area contributed by atoms with Crippen LogP contribution in [-0.4, -0.2) is 18.9 Å². The van der Waals surface area contributed by atoms with Crippen LogP contribution in [0.15, 0.2) is 60.7 Å². The van der Waals surface area contributed by atoms with Crippen LogP contribution in [-0.2, 0) is 16.0 Å². The van der Waals surface area contributed by atoms with E-state index in [1.54, 1.807) is 6.07 Å². The predicted octanol–water partition coefficient (Wildman–Crippen LogP) is 4.08. The van der Waals surface area contributed by atoms with Crippen molar-refractivity contribution in [3.05, 3.63) is 77.4 Å². The number of ether oxygens (including phenoxy) is 1. The normalized spacial score (nSPS) is 20.0. The van der Waals surface area contributed by atoms with Crippen molar-refractivity contribution in [1.82, 2.24) is 0 Å². The molecule has 0 spiro atoms. The van der Waals surface area contributed by atoms with E-state index in [-0.39, 0.29) is 5.78 Å². The molecule has 3 heteroatoms. The first-order valence-electron chi connectivity index (χ1n) is 8.10. The molecule has 24 heavy (non-hydrogen) atoms. The second kappa shape index (κ2) is 6.83. The van der Waals surface area contributed by atoms with Gasteiger partial charge in [-0.05, 0) is 30.4 Å². The van der Waals surface area contributed by atoms with E-state index in [0.29, 0.717) is 24.8 Å². The van der Waals surface area contributed by atoms with Crippen molar-refractivity contribution in [2.24, 2.45) is 5.41 Å². The first-order valence-corrected chi connectivity index (χ1v) is 8.10. The standard InChI is InChI=1S/C21H20O3/c1-24-20(23)21(14-7-10-16-8-3-2-4-9-16)15-13-17-11-5-6-12-18(17)19(21)22/h2-12H,13-15H2,1H3/b10-7-/t21-/m1/s1. The van der Waals surface area contributed by atoms with Gasteiger partial charge in [-0.15, -0.1) is 0 Å². The molecule has 122 valence electrons. The maximum Gasteiger partial charge on any atom is 0.320 e. The Hall–Kier alpha value is -2.68. The third-order valence-corrected chi connectivity index (χ3v) is 4.67. The van der Waals surface area contributed by atoms with E-state index >= 15 is 0 Å². The maximum absolute atomic E-state index is 13.0. The van der Waals surface area contributed by atoms with Crippen molar-refractivity contribution in [2.75, 3.05) is 7.11 Å². The number of carbonyl (C=O) groups is 2. The van der Waals surface area contributed by atoms with Gasteiger partial charge in [-0.3, -0.25) is 9.59 Å². The number of benzene rings is 2. The highest BCUT2D eigenvalue weighted by molar-refractivity contribution is 6.14. The van der Waals surface area contributed by atoms with Gasteiger partial charge in [0.2, 0.25) is 0 Å². The Balaban J connectivity index is 1.91. The topological polar surface area (TPSA) is 43.4 Å². The van der Waals surface area contributed by atoms with E-state index < -0.39 is 11.4 Å². The SMILES string of the molecule is COC(=O)[C@]1(C/C=C\c2ccccc2)CCc2ccccc2C1=O. The smallest absolute Gasteiger partial charge is 0.320 e. The fourth-order valence-corrected chi connectivity index (χ4v) is 3.31. The van der Waals surface area contributed by atoms with Crippen molar-refractivity contribution >= 4 is 17.8 Å². The minimum Gasteiger partial charge on any atom is -0.468 e. The summed E-state index contributed by atoms with van der Waals surface area (Å²) in [6.45, 7) is 0. The average molecular weight is 320 g/mol. The summed E-state index contributed by atoms with van der Waals surface area (Å²) in [7, 11) is 1.35.